The predicted octanol–water partition coefficient (Wildman–Crippen LogP) is 1.09. The molecule has 0 aliphatic rings. The van der Waals surface area contributed by atoms with Crippen molar-refractivity contribution in [3.05, 3.63) is 34.1 Å². The summed E-state index contributed by atoms with van der Waals surface area (Å²) in [5.74, 6) is -2.78. The number of aromatic nitrogens is 1. The predicted molar refractivity (Wildman–Crippen MR) is 50.6 cm³/mol. The van der Waals surface area contributed by atoms with Crippen LogP contribution in [0.1, 0.15) is 0 Å². The molecule has 0 bridgehead atoms. The first-order valence-electron chi connectivity index (χ1n) is 4.00. The number of hydrogen-bond acceptors (Lipinski definition) is 3. The Bertz CT molecular complexity index is 607. The van der Waals surface area contributed by atoms with Gasteiger partial charge in [0.25, 0.3) is 5.56 Å². The zero-order valence-corrected chi connectivity index (χ0v) is 7.34. The summed E-state index contributed by atoms with van der Waals surface area (Å²) in [6, 6.07) is 1.55. The number of anilines is 1. The van der Waals surface area contributed by atoms with Crippen molar-refractivity contribution in [1.82, 2.24) is 4.98 Å². The standard InChI is InChI=1S/C9H6F2N2O2/c10-4-1-3-6(2-5(4)11)13-9(15)7(12)8(3)14/h1-2H,12H2,(H2,13,14,15). The van der Waals surface area contributed by atoms with Gasteiger partial charge in [-0.3, -0.25) is 4.79 Å². The Hall–Kier alpha value is -2.11. The quantitative estimate of drug-likeness (QED) is 0.611. The molecule has 0 radical (unpaired) electrons. The number of fused-ring (bicyclic) bond motifs is 1. The highest BCUT2D eigenvalue weighted by atomic mass is 19.2. The van der Waals surface area contributed by atoms with Crippen LogP contribution in [0.2, 0.25) is 0 Å². The Morgan fingerprint density at radius 2 is 1.87 bits per heavy atom. The number of rotatable bonds is 0. The molecule has 0 aliphatic heterocycles. The molecule has 0 atom stereocenters. The maximum Gasteiger partial charge on any atom is 0.275 e. The van der Waals surface area contributed by atoms with Gasteiger partial charge in [-0.15, -0.1) is 0 Å². The second-order valence-corrected chi connectivity index (χ2v) is 3.03. The van der Waals surface area contributed by atoms with E-state index in [4.69, 9.17) is 5.73 Å². The van der Waals surface area contributed by atoms with Gasteiger partial charge < -0.3 is 15.8 Å². The van der Waals surface area contributed by atoms with Crippen LogP contribution in [-0.2, 0) is 0 Å². The van der Waals surface area contributed by atoms with Crippen LogP contribution < -0.4 is 11.3 Å². The summed E-state index contributed by atoms with van der Waals surface area (Å²) in [6.45, 7) is 0. The van der Waals surface area contributed by atoms with E-state index in [1.54, 1.807) is 0 Å². The third-order valence-electron chi connectivity index (χ3n) is 2.06. The van der Waals surface area contributed by atoms with E-state index in [9.17, 15) is 18.7 Å². The first-order valence-corrected chi connectivity index (χ1v) is 4.00. The monoisotopic (exact) mass is 212 g/mol. The molecular formula is C9H6F2N2O2. The van der Waals surface area contributed by atoms with Crippen molar-refractivity contribution < 1.29 is 13.9 Å². The van der Waals surface area contributed by atoms with E-state index in [0.29, 0.717) is 0 Å². The molecule has 78 valence electrons. The van der Waals surface area contributed by atoms with Crippen LogP contribution in [0.4, 0.5) is 14.5 Å². The van der Waals surface area contributed by atoms with Gasteiger partial charge >= 0.3 is 0 Å². The number of benzene rings is 1. The summed E-state index contributed by atoms with van der Waals surface area (Å²) in [6.07, 6.45) is 0. The summed E-state index contributed by atoms with van der Waals surface area (Å²) in [7, 11) is 0. The second-order valence-electron chi connectivity index (χ2n) is 3.03. The number of aromatic amines is 1. The van der Waals surface area contributed by atoms with Gasteiger partial charge in [0.1, 0.15) is 5.69 Å². The first-order chi connectivity index (χ1) is 7.00. The Labute approximate surface area is 82.0 Å². The minimum absolute atomic E-state index is 0.00870. The van der Waals surface area contributed by atoms with Gasteiger partial charge in [-0.1, -0.05) is 0 Å². The highest BCUT2D eigenvalue weighted by Gasteiger charge is 2.12. The molecule has 0 unspecified atom stereocenters. The molecule has 0 aliphatic carbocycles. The van der Waals surface area contributed by atoms with Crippen molar-refractivity contribution in [2.24, 2.45) is 0 Å². The molecule has 4 nitrogen and oxygen atoms in total. The second kappa shape index (κ2) is 2.94. The number of halogens is 2. The zero-order chi connectivity index (χ0) is 11.2. The molecule has 2 aromatic rings. The van der Waals surface area contributed by atoms with Crippen LogP contribution in [0.25, 0.3) is 10.9 Å². The lowest BCUT2D eigenvalue weighted by molar-refractivity contribution is 0.481. The molecule has 4 N–H and O–H groups in total. The summed E-state index contributed by atoms with van der Waals surface area (Å²) >= 11 is 0. The van der Waals surface area contributed by atoms with Gasteiger partial charge in [0, 0.05) is 11.5 Å². The third kappa shape index (κ3) is 1.30. The number of aromatic hydroxyl groups is 1. The fraction of sp³-hybridized carbons (Fsp3) is 0. The van der Waals surface area contributed by atoms with Gasteiger partial charge in [-0.2, -0.15) is 0 Å². The minimum atomic E-state index is -1.12. The van der Waals surface area contributed by atoms with Gasteiger partial charge in [0.2, 0.25) is 0 Å². The lowest BCUT2D eigenvalue weighted by Gasteiger charge is -2.04. The number of H-pyrrole nitrogens is 1. The van der Waals surface area contributed by atoms with Crippen LogP contribution in [0, 0.1) is 11.6 Å². The maximum atomic E-state index is 12.8. The molecule has 0 saturated carbocycles. The summed E-state index contributed by atoms with van der Waals surface area (Å²) in [5, 5.41) is 9.38. The maximum absolute atomic E-state index is 12.8. The molecule has 1 heterocycles. The van der Waals surface area contributed by atoms with Crippen molar-refractivity contribution in [1.29, 1.82) is 0 Å². The number of nitrogens with two attached hydrogens (primary N) is 1. The van der Waals surface area contributed by atoms with Crippen molar-refractivity contribution in [2.75, 3.05) is 5.73 Å². The lowest BCUT2D eigenvalue weighted by atomic mass is 10.2. The molecule has 0 fully saturated rings. The van der Waals surface area contributed by atoms with E-state index in [-0.39, 0.29) is 10.9 Å². The SMILES string of the molecule is Nc1c(O)c2cc(F)c(F)cc2[nH]c1=O. The van der Waals surface area contributed by atoms with Crippen LogP contribution in [0.15, 0.2) is 16.9 Å². The summed E-state index contributed by atoms with van der Waals surface area (Å²) in [4.78, 5) is 13.3. The third-order valence-corrected chi connectivity index (χ3v) is 2.06. The zero-order valence-electron chi connectivity index (χ0n) is 7.34. The van der Waals surface area contributed by atoms with Crippen molar-refractivity contribution >= 4 is 16.6 Å². The Morgan fingerprint density at radius 3 is 2.53 bits per heavy atom. The van der Waals surface area contributed by atoms with Gasteiger partial charge in [0.15, 0.2) is 17.4 Å². The molecule has 0 spiro atoms. The molecule has 1 aromatic heterocycles. The smallest absolute Gasteiger partial charge is 0.275 e. The number of pyridine rings is 1. The average molecular weight is 212 g/mol. The van der Waals surface area contributed by atoms with E-state index in [2.05, 4.69) is 4.98 Å². The van der Waals surface area contributed by atoms with E-state index in [0.717, 1.165) is 12.1 Å². The van der Waals surface area contributed by atoms with E-state index < -0.39 is 28.6 Å². The Balaban J connectivity index is 3.00. The van der Waals surface area contributed by atoms with Crippen molar-refractivity contribution in [3.8, 4) is 5.75 Å². The lowest BCUT2D eigenvalue weighted by Crippen LogP contribution is -2.11. The number of nitrogen functional groups attached to an aromatic ring is 1. The molecule has 1 aromatic carbocycles. The molecule has 0 saturated heterocycles. The molecule has 15 heavy (non-hydrogen) atoms. The van der Waals surface area contributed by atoms with Gasteiger partial charge in [-0.05, 0) is 6.07 Å². The van der Waals surface area contributed by atoms with E-state index >= 15 is 0 Å². The van der Waals surface area contributed by atoms with Crippen LogP contribution in [0.3, 0.4) is 0 Å². The van der Waals surface area contributed by atoms with E-state index in [1.165, 1.54) is 0 Å². The summed E-state index contributed by atoms with van der Waals surface area (Å²) in [5.41, 5.74) is 4.05. The molecular weight excluding hydrogens is 206 g/mol. The number of nitrogens with one attached hydrogen (secondary N) is 1. The van der Waals surface area contributed by atoms with Gasteiger partial charge in [-0.25, -0.2) is 8.78 Å². The molecule has 0 amide bonds. The normalized spacial score (nSPS) is 10.8. The average Bonchev–Trinajstić information content (AvgIpc) is 2.19. The molecule has 2 rings (SSSR count). The fourth-order valence-corrected chi connectivity index (χ4v) is 1.29. The highest BCUT2D eigenvalue weighted by molar-refractivity contribution is 5.89. The van der Waals surface area contributed by atoms with Crippen molar-refractivity contribution in [3.63, 3.8) is 0 Å². The molecule has 6 heteroatoms. The largest absolute Gasteiger partial charge is 0.505 e. The van der Waals surface area contributed by atoms with Gasteiger partial charge in [0.05, 0.1) is 5.52 Å². The van der Waals surface area contributed by atoms with Crippen LogP contribution in [-0.4, -0.2) is 10.1 Å². The van der Waals surface area contributed by atoms with Crippen LogP contribution >= 0.6 is 0 Å². The topological polar surface area (TPSA) is 79.1 Å². The Morgan fingerprint density at radius 1 is 1.27 bits per heavy atom. The van der Waals surface area contributed by atoms with E-state index in [1.807, 2.05) is 0 Å². The minimum Gasteiger partial charge on any atom is -0.505 e. The fourth-order valence-electron chi connectivity index (χ4n) is 1.29. The number of hydrogen-bond donors (Lipinski definition) is 3. The highest BCUT2D eigenvalue weighted by Crippen LogP contribution is 2.27. The first kappa shape index (κ1) is 9.45. The van der Waals surface area contributed by atoms with Crippen molar-refractivity contribution in [2.45, 2.75) is 0 Å². The van der Waals surface area contributed by atoms with Crippen LogP contribution in [0.5, 0.6) is 5.75 Å². The summed E-state index contributed by atoms with van der Waals surface area (Å²) < 4.78 is 25.6. The Kier molecular flexibility index (Phi) is 1.85.